The number of hydrogen-bond donors (Lipinski definition) is 1. The van der Waals surface area contributed by atoms with E-state index in [1.807, 2.05) is 6.07 Å². The third kappa shape index (κ3) is 3.35. The number of nitrogens with zero attached hydrogens (tertiary/aromatic N) is 1. The number of para-hydroxylation sites is 1. The molecule has 1 heterocycles. The van der Waals surface area contributed by atoms with E-state index in [0.717, 1.165) is 35.3 Å². The van der Waals surface area contributed by atoms with Crippen LogP contribution >= 0.6 is 0 Å². The van der Waals surface area contributed by atoms with Crippen molar-refractivity contribution in [3.63, 3.8) is 0 Å². The number of likely N-dealkylation sites (tertiary alicyclic amines) is 1. The van der Waals surface area contributed by atoms with Crippen LogP contribution in [0.3, 0.4) is 0 Å². The van der Waals surface area contributed by atoms with E-state index >= 15 is 0 Å². The predicted molar refractivity (Wildman–Crippen MR) is 91.1 cm³/mol. The third-order valence-corrected chi connectivity index (χ3v) is 5.48. The van der Waals surface area contributed by atoms with Crippen LogP contribution in [0.5, 0.6) is 0 Å². The number of carbonyl (C=O) groups is 1. The molecule has 1 amide bonds. The second-order valence-electron chi connectivity index (χ2n) is 7.00. The zero-order valence-corrected chi connectivity index (χ0v) is 13.9. The fourth-order valence-electron chi connectivity index (χ4n) is 4.29. The second kappa shape index (κ2) is 6.82. The fourth-order valence-corrected chi connectivity index (χ4v) is 4.29. The highest BCUT2D eigenvalue weighted by Gasteiger charge is 2.34. The van der Waals surface area contributed by atoms with Gasteiger partial charge >= 0.3 is 0 Å². The molecule has 2 aliphatic rings. The monoisotopic (exact) mass is 300 g/mol. The summed E-state index contributed by atoms with van der Waals surface area (Å²) in [6.07, 6.45) is 7.42. The fraction of sp³-hybridized carbons (Fsp3) is 0.632. The van der Waals surface area contributed by atoms with Crippen LogP contribution in [0, 0.1) is 19.8 Å². The Balaban J connectivity index is 1.54. The summed E-state index contributed by atoms with van der Waals surface area (Å²) in [4.78, 5) is 14.9. The molecule has 120 valence electrons. The molecular weight excluding hydrogens is 272 g/mol. The molecule has 1 aliphatic carbocycles. The van der Waals surface area contributed by atoms with Crippen LogP contribution in [0.15, 0.2) is 18.2 Å². The van der Waals surface area contributed by atoms with E-state index in [2.05, 4.69) is 36.2 Å². The van der Waals surface area contributed by atoms with E-state index in [-0.39, 0.29) is 5.91 Å². The average Bonchev–Trinajstić information content (AvgIpc) is 2.98. The first-order valence-corrected chi connectivity index (χ1v) is 8.75. The molecule has 0 bridgehead atoms. The largest absolute Gasteiger partial charge is 0.326 e. The van der Waals surface area contributed by atoms with Gasteiger partial charge in [0.25, 0.3) is 0 Å². The Morgan fingerprint density at radius 1 is 1.18 bits per heavy atom. The number of aryl methyl sites for hydroxylation is 2. The van der Waals surface area contributed by atoms with Crippen molar-refractivity contribution in [2.45, 2.75) is 58.4 Å². The number of piperidine rings is 1. The smallest absolute Gasteiger partial charge is 0.225 e. The van der Waals surface area contributed by atoms with Gasteiger partial charge in [0.15, 0.2) is 0 Å². The molecule has 0 aromatic heterocycles. The summed E-state index contributed by atoms with van der Waals surface area (Å²) in [6, 6.07) is 6.89. The standard InChI is InChI=1S/C19H28N2O/c1-14-6-3-7-15(2)19(14)20-18(22)11-13-21-12-5-9-16-8-4-10-17(16)21/h3,6-7,16-17H,4-5,8-13H2,1-2H3,(H,20,22)/t16-,17-/m0/s1. The van der Waals surface area contributed by atoms with Gasteiger partial charge in [-0.25, -0.2) is 0 Å². The summed E-state index contributed by atoms with van der Waals surface area (Å²) < 4.78 is 0. The first kappa shape index (κ1) is 15.5. The number of rotatable bonds is 4. The van der Waals surface area contributed by atoms with Gasteiger partial charge in [-0.2, -0.15) is 0 Å². The first-order chi connectivity index (χ1) is 10.6. The van der Waals surface area contributed by atoms with Gasteiger partial charge in [0.05, 0.1) is 0 Å². The maximum Gasteiger partial charge on any atom is 0.225 e. The van der Waals surface area contributed by atoms with Crippen LogP contribution in [0.25, 0.3) is 0 Å². The lowest BCUT2D eigenvalue weighted by Gasteiger charge is -2.37. The molecule has 1 N–H and O–H groups in total. The minimum atomic E-state index is 0.150. The van der Waals surface area contributed by atoms with Crippen LogP contribution in [0.1, 0.15) is 49.7 Å². The van der Waals surface area contributed by atoms with E-state index in [0.29, 0.717) is 6.42 Å². The Kier molecular flexibility index (Phi) is 4.82. The van der Waals surface area contributed by atoms with Gasteiger partial charge < -0.3 is 5.32 Å². The lowest BCUT2D eigenvalue weighted by atomic mass is 9.92. The normalized spacial score (nSPS) is 25.0. The van der Waals surface area contributed by atoms with Crippen LogP contribution in [0.2, 0.25) is 0 Å². The van der Waals surface area contributed by atoms with Crippen molar-refractivity contribution in [1.29, 1.82) is 0 Å². The summed E-state index contributed by atoms with van der Waals surface area (Å²) in [6.45, 7) is 6.20. The van der Waals surface area contributed by atoms with Gasteiger partial charge in [-0.15, -0.1) is 0 Å². The van der Waals surface area contributed by atoms with Crippen LogP contribution < -0.4 is 5.32 Å². The van der Waals surface area contributed by atoms with Gasteiger partial charge in [-0.1, -0.05) is 24.6 Å². The minimum Gasteiger partial charge on any atom is -0.326 e. The average molecular weight is 300 g/mol. The molecule has 3 rings (SSSR count). The molecule has 1 aromatic rings. The summed E-state index contributed by atoms with van der Waals surface area (Å²) in [5, 5.41) is 3.11. The lowest BCUT2D eigenvalue weighted by Crippen LogP contribution is -2.43. The number of amides is 1. The molecule has 2 atom stereocenters. The van der Waals surface area contributed by atoms with E-state index in [4.69, 9.17) is 0 Å². The highest BCUT2D eigenvalue weighted by Crippen LogP contribution is 2.36. The second-order valence-corrected chi connectivity index (χ2v) is 7.00. The molecule has 0 radical (unpaired) electrons. The number of nitrogens with one attached hydrogen (secondary N) is 1. The lowest BCUT2D eigenvalue weighted by molar-refractivity contribution is -0.116. The summed E-state index contributed by atoms with van der Waals surface area (Å²) >= 11 is 0. The zero-order chi connectivity index (χ0) is 15.5. The molecule has 1 saturated carbocycles. The van der Waals surface area contributed by atoms with E-state index in [1.165, 1.54) is 38.6 Å². The van der Waals surface area contributed by atoms with Crippen LogP contribution in [0.4, 0.5) is 5.69 Å². The SMILES string of the molecule is Cc1cccc(C)c1NC(=O)CCN1CCC[C@@H]2CCC[C@@H]21. The van der Waals surface area contributed by atoms with Crippen molar-refractivity contribution in [1.82, 2.24) is 4.90 Å². The number of hydrogen-bond acceptors (Lipinski definition) is 2. The maximum atomic E-state index is 12.3. The Labute approximate surface area is 134 Å². The molecule has 2 fully saturated rings. The highest BCUT2D eigenvalue weighted by atomic mass is 16.1. The van der Waals surface area contributed by atoms with Crippen LogP contribution in [-0.2, 0) is 4.79 Å². The molecule has 1 aliphatic heterocycles. The first-order valence-electron chi connectivity index (χ1n) is 8.75. The Morgan fingerprint density at radius 2 is 1.91 bits per heavy atom. The van der Waals surface area contributed by atoms with E-state index < -0.39 is 0 Å². The van der Waals surface area contributed by atoms with E-state index in [9.17, 15) is 4.79 Å². The van der Waals surface area contributed by atoms with Crippen LogP contribution in [-0.4, -0.2) is 29.9 Å². The Morgan fingerprint density at radius 3 is 2.68 bits per heavy atom. The van der Waals surface area contributed by atoms with Crippen molar-refractivity contribution in [3.05, 3.63) is 29.3 Å². The predicted octanol–water partition coefficient (Wildman–Crippen LogP) is 3.90. The van der Waals surface area contributed by atoms with Crippen molar-refractivity contribution in [2.75, 3.05) is 18.4 Å². The molecule has 1 saturated heterocycles. The number of anilines is 1. The molecule has 3 nitrogen and oxygen atoms in total. The van der Waals surface area contributed by atoms with Gasteiger partial charge in [-0.05, 0) is 63.1 Å². The van der Waals surface area contributed by atoms with Gasteiger partial charge in [-0.3, -0.25) is 9.69 Å². The summed E-state index contributed by atoms with van der Waals surface area (Å²) in [7, 11) is 0. The number of benzene rings is 1. The van der Waals surface area contributed by atoms with Crippen molar-refractivity contribution < 1.29 is 4.79 Å². The van der Waals surface area contributed by atoms with Crippen molar-refractivity contribution >= 4 is 11.6 Å². The third-order valence-electron chi connectivity index (χ3n) is 5.48. The quantitative estimate of drug-likeness (QED) is 0.914. The van der Waals surface area contributed by atoms with E-state index in [1.54, 1.807) is 0 Å². The Hall–Kier alpha value is -1.35. The zero-order valence-electron chi connectivity index (χ0n) is 13.9. The van der Waals surface area contributed by atoms with Gasteiger partial charge in [0.1, 0.15) is 0 Å². The topological polar surface area (TPSA) is 32.3 Å². The highest BCUT2D eigenvalue weighted by molar-refractivity contribution is 5.92. The summed E-state index contributed by atoms with van der Waals surface area (Å²) in [5.74, 6) is 1.05. The molecule has 3 heteroatoms. The maximum absolute atomic E-state index is 12.3. The van der Waals surface area contributed by atoms with Gasteiger partial charge in [0.2, 0.25) is 5.91 Å². The Bertz CT molecular complexity index is 520. The van der Waals surface area contributed by atoms with Crippen molar-refractivity contribution in [3.8, 4) is 0 Å². The van der Waals surface area contributed by atoms with Gasteiger partial charge in [0, 0.05) is 24.7 Å². The minimum absolute atomic E-state index is 0.150. The molecule has 22 heavy (non-hydrogen) atoms. The molecule has 0 spiro atoms. The molecular formula is C19H28N2O. The molecule has 1 aromatic carbocycles. The van der Waals surface area contributed by atoms with Crippen molar-refractivity contribution in [2.24, 2.45) is 5.92 Å². The number of fused-ring (bicyclic) bond motifs is 1. The number of carbonyl (C=O) groups excluding carboxylic acids is 1. The summed E-state index contributed by atoms with van der Waals surface area (Å²) in [5.41, 5.74) is 3.27. The molecule has 0 unspecified atom stereocenters.